The average Bonchev–Trinajstić information content (AvgIpc) is 3.58. The molecular formula is C32H27ClN4O5. The highest BCUT2D eigenvalue weighted by Crippen LogP contribution is 2.47. The predicted molar refractivity (Wildman–Crippen MR) is 161 cm³/mol. The topological polar surface area (TPSA) is 113 Å². The molecule has 0 unspecified atom stereocenters. The third kappa shape index (κ3) is 4.81. The first-order chi connectivity index (χ1) is 20.3. The molecule has 0 radical (unpaired) electrons. The number of anilines is 2. The van der Waals surface area contributed by atoms with Crippen molar-refractivity contribution in [2.75, 3.05) is 22.6 Å². The average molecular weight is 583 g/mol. The van der Waals surface area contributed by atoms with Crippen LogP contribution in [0.5, 0.6) is 11.5 Å². The number of rotatable bonds is 6. The van der Waals surface area contributed by atoms with E-state index in [1.807, 2.05) is 25.1 Å². The molecule has 1 atom stereocenters. The van der Waals surface area contributed by atoms with Crippen LogP contribution in [0.3, 0.4) is 0 Å². The van der Waals surface area contributed by atoms with Crippen molar-refractivity contribution in [2.24, 2.45) is 0 Å². The van der Waals surface area contributed by atoms with Gasteiger partial charge in [0.25, 0.3) is 11.8 Å². The van der Waals surface area contributed by atoms with Crippen LogP contribution in [0, 0.1) is 6.92 Å². The molecular weight excluding hydrogens is 556 g/mol. The van der Waals surface area contributed by atoms with Gasteiger partial charge in [0.2, 0.25) is 0 Å². The Balaban J connectivity index is 1.35. The van der Waals surface area contributed by atoms with Crippen molar-refractivity contribution in [1.82, 2.24) is 9.38 Å². The molecule has 10 heteroatoms. The van der Waals surface area contributed by atoms with E-state index in [0.29, 0.717) is 40.8 Å². The molecule has 3 aromatic carbocycles. The second kappa shape index (κ2) is 10.8. The van der Waals surface area contributed by atoms with Crippen LogP contribution in [-0.4, -0.2) is 44.7 Å². The van der Waals surface area contributed by atoms with E-state index in [4.69, 9.17) is 16.3 Å². The zero-order valence-corrected chi connectivity index (χ0v) is 23.7. The Morgan fingerprint density at radius 3 is 2.62 bits per heavy atom. The number of nitrogens with one attached hydrogen (secondary N) is 1. The van der Waals surface area contributed by atoms with Gasteiger partial charge < -0.3 is 24.5 Å². The fraction of sp³-hybridized carbons (Fsp3) is 0.188. The van der Waals surface area contributed by atoms with E-state index < -0.39 is 0 Å². The van der Waals surface area contributed by atoms with Crippen LogP contribution < -0.4 is 15.0 Å². The van der Waals surface area contributed by atoms with Crippen molar-refractivity contribution in [3.8, 4) is 11.5 Å². The van der Waals surface area contributed by atoms with Crippen LogP contribution in [0.4, 0.5) is 11.4 Å². The van der Waals surface area contributed by atoms with E-state index in [0.717, 1.165) is 21.9 Å². The molecule has 212 valence electrons. The van der Waals surface area contributed by atoms with Crippen LogP contribution in [0.25, 0.3) is 16.4 Å². The number of halogens is 1. The lowest BCUT2D eigenvalue weighted by Crippen LogP contribution is -2.30. The molecule has 2 amide bonds. The van der Waals surface area contributed by atoms with E-state index in [2.05, 4.69) is 10.3 Å². The minimum absolute atomic E-state index is 0.0723. The van der Waals surface area contributed by atoms with Gasteiger partial charge in [0.1, 0.15) is 22.8 Å². The number of benzene rings is 3. The summed E-state index contributed by atoms with van der Waals surface area (Å²) in [6, 6.07) is 16.9. The number of hydrogen-bond donors (Lipinski definition) is 2. The lowest BCUT2D eigenvalue weighted by Gasteiger charge is -2.19. The van der Waals surface area contributed by atoms with Gasteiger partial charge in [0, 0.05) is 54.2 Å². The number of phenols is 1. The third-order valence-corrected chi connectivity index (χ3v) is 7.83. The standard InChI is InChI=1S/C32H27ClN4O5/c1-3-28(39)42-26-13-25-30(29-18(2)5-4-6-23(26)29)20(14-33)15-37(25)32(41)24-17-36-16-21(9-12-27(36)35-24)34-31(40)19-7-10-22(38)11-8-19/h4-13,16-17,20,38H,3,14-15H2,1-2H3,(H,34,40)/t20-/m1/s1. The summed E-state index contributed by atoms with van der Waals surface area (Å²) >= 11 is 6.44. The summed E-state index contributed by atoms with van der Waals surface area (Å²) < 4.78 is 7.39. The molecule has 9 nitrogen and oxygen atoms in total. The SMILES string of the molecule is CCC(=O)Oc1cc2c(c3c(C)cccc13)[C@H](CCl)CN2C(=O)c1cn2cc(NC(=O)c3ccc(O)cc3)ccc2n1. The van der Waals surface area contributed by atoms with Crippen molar-refractivity contribution in [1.29, 1.82) is 0 Å². The maximum absolute atomic E-state index is 13.9. The minimum Gasteiger partial charge on any atom is -0.508 e. The molecule has 0 saturated heterocycles. The Morgan fingerprint density at radius 2 is 1.88 bits per heavy atom. The fourth-order valence-electron chi connectivity index (χ4n) is 5.41. The largest absolute Gasteiger partial charge is 0.508 e. The number of amides is 2. The molecule has 0 saturated carbocycles. The number of esters is 1. The maximum Gasteiger partial charge on any atom is 0.310 e. The summed E-state index contributed by atoms with van der Waals surface area (Å²) in [6.07, 6.45) is 3.51. The number of hydrogen-bond acceptors (Lipinski definition) is 6. The Kier molecular flexibility index (Phi) is 7.04. The Bertz CT molecular complexity index is 1880. The Hall–Kier alpha value is -4.89. The number of nitrogens with zero attached hydrogens (tertiary/aromatic N) is 3. The van der Waals surface area contributed by atoms with Gasteiger partial charge in [-0.05, 0) is 59.8 Å². The summed E-state index contributed by atoms with van der Waals surface area (Å²) in [5.41, 5.74) is 4.24. The van der Waals surface area contributed by atoms with Crippen LogP contribution in [0.15, 0.2) is 73.1 Å². The van der Waals surface area contributed by atoms with Gasteiger partial charge in [0.05, 0.1) is 11.4 Å². The zero-order chi connectivity index (χ0) is 29.5. The molecule has 0 aliphatic carbocycles. The number of aromatic nitrogens is 2. The second-order valence-electron chi connectivity index (χ2n) is 10.2. The summed E-state index contributed by atoms with van der Waals surface area (Å²) in [5, 5.41) is 14.0. The van der Waals surface area contributed by atoms with Crippen molar-refractivity contribution >= 4 is 57.2 Å². The van der Waals surface area contributed by atoms with Gasteiger partial charge >= 0.3 is 5.97 Å². The van der Waals surface area contributed by atoms with E-state index in [9.17, 15) is 19.5 Å². The van der Waals surface area contributed by atoms with Crippen LogP contribution in [-0.2, 0) is 4.79 Å². The molecule has 5 aromatic rings. The van der Waals surface area contributed by atoms with E-state index in [1.54, 1.807) is 46.8 Å². The van der Waals surface area contributed by atoms with Gasteiger partial charge in [-0.1, -0.05) is 25.1 Å². The molecule has 0 spiro atoms. The molecule has 0 fully saturated rings. The van der Waals surface area contributed by atoms with Crippen LogP contribution in [0.2, 0.25) is 0 Å². The third-order valence-electron chi connectivity index (χ3n) is 7.45. The zero-order valence-electron chi connectivity index (χ0n) is 22.9. The van der Waals surface area contributed by atoms with Crippen molar-refractivity contribution in [2.45, 2.75) is 26.2 Å². The summed E-state index contributed by atoms with van der Waals surface area (Å²) in [4.78, 5) is 45.0. The van der Waals surface area contributed by atoms with Crippen LogP contribution in [0.1, 0.15) is 51.2 Å². The van der Waals surface area contributed by atoms with E-state index >= 15 is 0 Å². The molecule has 3 heterocycles. The van der Waals surface area contributed by atoms with Crippen molar-refractivity contribution in [3.63, 3.8) is 0 Å². The Morgan fingerprint density at radius 1 is 1.10 bits per heavy atom. The van der Waals surface area contributed by atoms with E-state index in [-0.39, 0.29) is 41.6 Å². The number of carbonyl (C=O) groups is 3. The maximum atomic E-state index is 13.9. The molecule has 1 aliphatic heterocycles. The van der Waals surface area contributed by atoms with Gasteiger partial charge in [-0.25, -0.2) is 4.98 Å². The number of fused-ring (bicyclic) bond motifs is 4. The number of imidazole rings is 1. The first-order valence-corrected chi connectivity index (χ1v) is 14.0. The highest BCUT2D eigenvalue weighted by atomic mass is 35.5. The van der Waals surface area contributed by atoms with Crippen molar-refractivity contribution < 1.29 is 24.2 Å². The first-order valence-electron chi connectivity index (χ1n) is 13.5. The number of aryl methyl sites for hydroxylation is 1. The minimum atomic E-state index is -0.365. The number of phenolic OH excluding ortho intramolecular Hbond substituents is 1. The first kappa shape index (κ1) is 27.3. The monoisotopic (exact) mass is 582 g/mol. The molecule has 2 aromatic heterocycles. The molecule has 2 N–H and O–H groups in total. The number of aromatic hydroxyl groups is 1. The Labute approximate surface area is 246 Å². The lowest BCUT2D eigenvalue weighted by atomic mass is 9.92. The number of alkyl halides is 1. The van der Waals surface area contributed by atoms with Gasteiger partial charge in [-0.2, -0.15) is 0 Å². The van der Waals surface area contributed by atoms with E-state index in [1.165, 1.54) is 24.3 Å². The fourth-order valence-corrected chi connectivity index (χ4v) is 5.66. The summed E-state index contributed by atoms with van der Waals surface area (Å²) in [6.45, 7) is 4.08. The molecule has 42 heavy (non-hydrogen) atoms. The van der Waals surface area contributed by atoms with Gasteiger partial charge in [-0.3, -0.25) is 14.4 Å². The normalized spacial score (nSPS) is 14.3. The second-order valence-corrected chi connectivity index (χ2v) is 10.5. The molecule has 6 rings (SSSR count). The lowest BCUT2D eigenvalue weighted by molar-refractivity contribution is -0.133. The smallest absolute Gasteiger partial charge is 0.310 e. The summed E-state index contributed by atoms with van der Waals surface area (Å²) in [5.74, 6) is -0.361. The van der Waals surface area contributed by atoms with Gasteiger partial charge in [0.15, 0.2) is 0 Å². The quantitative estimate of drug-likeness (QED) is 0.143. The summed E-state index contributed by atoms with van der Waals surface area (Å²) in [7, 11) is 0. The molecule has 0 bridgehead atoms. The van der Waals surface area contributed by atoms with Crippen LogP contribution >= 0.6 is 11.6 Å². The highest BCUT2D eigenvalue weighted by Gasteiger charge is 2.36. The number of pyridine rings is 1. The van der Waals surface area contributed by atoms with Gasteiger partial charge in [-0.15, -0.1) is 11.6 Å². The molecule has 1 aliphatic rings. The number of ether oxygens (including phenoxy) is 1. The van der Waals surface area contributed by atoms with Crippen molar-refractivity contribution in [3.05, 3.63) is 95.4 Å². The highest BCUT2D eigenvalue weighted by molar-refractivity contribution is 6.19. The predicted octanol–water partition coefficient (Wildman–Crippen LogP) is 6.05. The number of carbonyl (C=O) groups excluding carboxylic acids is 3.